The van der Waals surface area contributed by atoms with E-state index in [1.807, 2.05) is 30.3 Å². The summed E-state index contributed by atoms with van der Waals surface area (Å²) in [6, 6.07) is 8.16. The predicted octanol–water partition coefficient (Wildman–Crippen LogP) is 0.632. The predicted molar refractivity (Wildman–Crippen MR) is 76.3 cm³/mol. The van der Waals surface area contributed by atoms with E-state index in [0.29, 0.717) is 6.54 Å². The molecule has 0 radical (unpaired) electrons. The Labute approximate surface area is 124 Å². The zero-order valence-corrected chi connectivity index (χ0v) is 12.2. The van der Waals surface area contributed by atoms with Crippen LogP contribution < -0.4 is 5.32 Å². The molecule has 1 rings (SSSR count). The first kappa shape index (κ1) is 17.1. The summed E-state index contributed by atoms with van der Waals surface area (Å²) in [5.74, 6) is -1.54. The second-order valence-corrected chi connectivity index (χ2v) is 4.29. The van der Waals surface area contributed by atoms with Crippen LogP contribution in [0.2, 0.25) is 0 Å². The monoisotopic (exact) mass is 295 g/mol. The van der Waals surface area contributed by atoms with Crippen molar-refractivity contribution in [1.29, 1.82) is 0 Å². The number of ether oxygens (including phenoxy) is 2. The Morgan fingerprint density at radius 2 is 1.67 bits per heavy atom. The van der Waals surface area contributed by atoms with Crippen LogP contribution in [0.25, 0.3) is 0 Å². The molecule has 1 aromatic rings. The van der Waals surface area contributed by atoms with Crippen molar-refractivity contribution in [3.63, 3.8) is 0 Å². The Hall–Kier alpha value is -1.92. The third kappa shape index (κ3) is 5.53. The van der Waals surface area contributed by atoms with Crippen molar-refractivity contribution in [2.75, 3.05) is 13.2 Å². The van der Waals surface area contributed by atoms with E-state index in [2.05, 4.69) is 5.32 Å². The lowest BCUT2D eigenvalue weighted by molar-refractivity contribution is -0.162. The van der Waals surface area contributed by atoms with Crippen molar-refractivity contribution in [2.24, 2.45) is 0 Å². The van der Waals surface area contributed by atoms with E-state index in [-0.39, 0.29) is 13.2 Å². The number of rotatable bonds is 8. The Morgan fingerprint density at radius 1 is 1.10 bits per heavy atom. The fourth-order valence-electron chi connectivity index (χ4n) is 1.74. The molecule has 1 aromatic carbocycles. The van der Waals surface area contributed by atoms with Gasteiger partial charge in [0.05, 0.1) is 13.2 Å². The smallest absolute Gasteiger partial charge is 0.337 e. The first-order valence-corrected chi connectivity index (χ1v) is 6.88. The zero-order valence-electron chi connectivity index (χ0n) is 12.2. The van der Waals surface area contributed by atoms with Crippen LogP contribution in [0.3, 0.4) is 0 Å². The summed E-state index contributed by atoms with van der Waals surface area (Å²) in [6.07, 6.45) is -1.60. The molecule has 6 heteroatoms. The van der Waals surface area contributed by atoms with Crippen LogP contribution in [0.4, 0.5) is 0 Å². The highest BCUT2D eigenvalue weighted by Crippen LogP contribution is 2.04. The van der Waals surface area contributed by atoms with Crippen LogP contribution in [-0.4, -0.2) is 42.4 Å². The van der Waals surface area contributed by atoms with E-state index in [1.165, 1.54) is 0 Å². The molecule has 0 spiro atoms. The zero-order chi connectivity index (χ0) is 15.7. The van der Waals surface area contributed by atoms with Gasteiger partial charge in [0.2, 0.25) is 0 Å². The topological polar surface area (TPSA) is 84.9 Å². The van der Waals surface area contributed by atoms with Gasteiger partial charge >= 0.3 is 11.9 Å². The maximum absolute atomic E-state index is 11.9. The first-order chi connectivity index (χ1) is 10.1. The second-order valence-electron chi connectivity index (χ2n) is 4.29. The molecule has 0 amide bonds. The molecule has 0 fully saturated rings. The minimum atomic E-state index is -1.60. The van der Waals surface area contributed by atoms with Crippen molar-refractivity contribution in [3.8, 4) is 0 Å². The van der Waals surface area contributed by atoms with Gasteiger partial charge in [-0.3, -0.25) is 10.1 Å². The van der Waals surface area contributed by atoms with Gasteiger partial charge in [-0.2, -0.15) is 0 Å². The first-order valence-electron chi connectivity index (χ1n) is 6.88. The maximum Gasteiger partial charge on any atom is 0.337 e. The molecule has 0 unspecified atom stereocenters. The largest absolute Gasteiger partial charge is 0.465 e. The average molecular weight is 295 g/mol. The SMILES string of the molecule is CCOC(=O)[C@H](O)[C@@H](NCc1ccccc1)C(=O)OCC. The lowest BCUT2D eigenvalue weighted by Gasteiger charge is -2.21. The number of aliphatic hydroxyl groups excluding tert-OH is 1. The third-order valence-corrected chi connectivity index (χ3v) is 2.75. The highest BCUT2D eigenvalue weighted by Gasteiger charge is 2.34. The molecule has 0 aliphatic heterocycles. The minimum absolute atomic E-state index is 0.129. The molecular formula is C15H21NO5. The summed E-state index contributed by atoms with van der Waals surface area (Å²) in [7, 11) is 0. The fourth-order valence-corrected chi connectivity index (χ4v) is 1.74. The molecule has 116 valence electrons. The molecule has 2 N–H and O–H groups in total. The Bertz CT molecular complexity index is 449. The van der Waals surface area contributed by atoms with Crippen LogP contribution in [-0.2, 0) is 25.6 Å². The maximum atomic E-state index is 11.9. The van der Waals surface area contributed by atoms with E-state index in [9.17, 15) is 14.7 Å². The molecule has 0 heterocycles. The molecule has 0 aliphatic rings. The van der Waals surface area contributed by atoms with E-state index in [1.54, 1.807) is 13.8 Å². The highest BCUT2D eigenvalue weighted by molar-refractivity contribution is 5.86. The Balaban J connectivity index is 2.72. The van der Waals surface area contributed by atoms with Gasteiger partial charge in [-0.05, 0) is 19.4 Å². The van der Waals surface area contributed by atoms with Crippen molar-refractivity contribution in [2.45, 2.75) is 32.5 Å². The van der Waals surface area contributed by atoms with Crippen molar-refractivity contribution in [1.82, 2.24) is 5.32 Å². The number of hydrogen-bond donors (Lipinski definition) is 2. The van der Waals surface area contributed by atoms with Gasteiger partial charge in [-0.15, -0.1) is 0 Å². The number of benzene rings is 1. The van der Waals surface area contributed by atoms with Gasteiger partial charge in [-0.1, -0.05) is 30.3 Å². The van der Waals surface area contributed by atoms with E-state index >= 15 is 0 Å². The van der Waals surface area contributed by atoms with Gasteiger partial charge in [0.15, 0.2) is 6.10 Å². The quantitative estimate of drug-likeness (QED) is 0.684. The van der Waals surface area contributed by atoms with Crippen molar-refractivity contribution >= 4 is 11.9 Å². The average Bonchev–Trinajstić information content (AvgIpc) is 2.49. The molecule has 0 saturated carbocycles. The molecule has 0 saturated heterocycles. The number of esters is 2. The number of carbonyl (C=O) groups is 2. The molecule has 0 bridgehead atoms. The van der Waals surface area contributed by atoms with Crippen LogP contribution >= 0.6 is 0 Å². The Morgan fingerprint density at radius 3 is 2.24 bits per heavy atom. The van der Waals surface area contributed by atoms with Crippen LogP contribution in [0, 0.1) is 0 Å². The number of nitrogens with one attached hydrogen (secondary N) is 1. The fraction of sp³-hybridized carbons (Fsp3) is 0.467. The van der Waals surface area contributed by atoms with Crippen LogP contribution in [0.1, 0.15) is 19.4 Å². The van der Waals surface area contributed by atoms with Crippen LogP contribution in [0.15, 0.2) is 30.3 Å². The summed E-state index contributed by atoms with van der Waals surface area (Å²) in [4.78, 5) is 23.4. The lowest BCUT2D eigenvalue weighted by Crippen LogP contribution is -2.50. The van der Waals surface area contributed by atoms with Crippen molar-refractivity contribution in [3.05, 3.63) is 35.9 Å². The van der Waals surface area contributed by atoms with Gasteiger partial charge in [0.25, 0.3) is 0 Å². The number of hydrogen-bond acceptors (Lipinski definition) is 6. The third-order valence-electron chi connectivity index (χ3n) is 2.75. The standard InChI is InChI=1S/C15H21NO5/c1-3-20-14(18)12(13(17)15(19)21-4-2)16-10-11-8-6-5-7-9-11/h5-9,12-13,16-17H,3-4,10H2,1-2H3/t12-,13-/m1/s1. The molecule has 2 atom stereocenters. The number of carbonyl (C=O) groups excluding carboxylic acids is 2. The molecule has 0 aromatic heterocycles. The second kappa shape index (κ2) is 9.10. The van der Waals surface area contributed by atoms with Gasteiger partial charge in [0.1, 0.15) is 6.04 Å². The summed E-state index contributed by atoms with van der Waals surface area (Å²) < 4.78 is 9.60. The number of aliphatic hydroxyl groups is 1. The molecule has 0 aliphatic carbocycles. The normalized spacial score (nSPS) is 13.3. The summed E-state index contributed by atoms with van der Waals surface area (Å²) in [5.41, 5.74) is 0.919. The summed E-state index contributed by atoms with van der Waals surface area (Å²) in [5, 5.41) is 12.8. The molecule has 21 heavy (non-hydrogen) atoms. The molecular weight excluding hydrogens is 274 g/mol. The van der Waals surface area contributed by atoms with E-state index in [0.717, 1.165) is 5.56 Å². The minimum Gasteiger partial charge on any atom is -0.465 e. The lowest BCUT2D eigenvalue weighted by atomic mass is 10.1. The summed E-state index contributed by atoms with van der Waals surface area (Å²) in [6.45, 7) is 3.90. The molecule has 6 nitrogen and oxygen atoms in total. The van der Waals surface area contributed by atoms with E-state index in [4.69, 9.17) is 9.47 Å². The van der Waals surface area contributed by atoms with Crippen molar-refractivity contribution < 1.29 is 24.2 Å². The van der Waals surface area contributed by atoms with Crippen LogP contribution in [0.5, 0.6) is 0 Å². The summed E-state index contributed by atoms with van der Waals surface area (Å²) >= 11 is 0. The highest BCUT2D eigenvalue weighted by atomic mass is 16.6. The van der Waals surface area contributed by atoms with Gasteiger partial charge in [-0.25, -0.2) is 4.79 Å². The van der Waals surface area contributed by atoms with Gasteiger partial charge in [0, 0.05) is 6.54 Å². The van der Waals surface area contributed by atoms with Gasteiger partial charge < -0.3 is 14.6 Å². The van der Waals surface area contributed by atoms with E-state index < -0.39 is 24.1 Å². The Kier molecular flexibility index (Phi) is 7.42.